The zero-order valence-corrected chi connectivity index (χ0v) is 17.1. The number of anilines is 1. The van der Waals surface area contributed by atoms with Crippen molar-refractivity contribution in [3.8, 4) is 5.75 Å². The molecule has 2 aromatic rings. The van der Waals surface area contributed by atoms with Crippen molar-refractivity contribution in [1.29, 1.82) is 0 Å². The normalized spacial score (nSPS) is 10.8. The summed E-state index contributed by atoms with van der Waals surface area (Å²) in [6.07, 6.45) is 3.13. The number of ether oxygens (including phenoxy) is 1. The Labute approximate surface area is 159 Å². The number of amides is 1. The summed E-state index contributed by atoms with van der Waals surface area (Å²) in [7, 11) is 1.58. The molecule has 2 rings (SSSR count). The molecule has 0 saturated carbocycles. The highest BCUT2D eigenvalue weighted by Gasteiger charge is 2.08. The molecule has 120 valence electrons. The third-order valence-electron chi connectivity index (χ3n) is 2.93. The largest absolute Gasteiger partial charge is 0.495 e. The zero-order valence-electron chi connectivity index (χ0n) is 12.4. The predicted molar refractivity (Wildman–Crippen MR) is 103 cm³/mol. The van der Waals surface area contributed by atoms with Crippen LogP contribution in [0, 0.1) is 6.92 Å². The highest BCUT2D eigenvalue weighted by molar-refractivity contribution is 9.11. The molecule has 1 aromatic heterocycles. The van der Waals surface area contributed by atoms with Gasteiger partial charge in [-0.1, -0.05) is 15.9 Å². The van der Waals surface area contributed by atoms with Crippen molar-refractivity contribution >= 4 is 65.6 Å². The molecule has 4 nitrogen and oxygen atoms in total. The van der Waals surface area contributed by atoms with Gasteiger partial charge in [0.25, 0.3) is 0 Å². The molecule has 1 N–H and O–H groups in total. The van der Waals surface area contributed by atoms with Crippen molar-refractivity contribution in [2.45, 2.75) is 6.92 Å². The predicted octanol–water partition coefficient (Wildman–Crippen LogP) is 5.34. The molecule has 0 unspecified atom stereocenters. The van der Waals surface area contributed by atoms with Crippen molar-refractivity contribution in [1.82, 2.24) is 4.98 Å². The van der Waals surface area contributed by atoms with Gasteiger partial charge >= 0.3 is 0 Å². The zero-order chi connectivity index (χ0) is 17.0. The number of nitrogens with one attached hydrogen (secondary N) is 1. The standard InChI is InChI=1S/C16H13Br3N2O2/c1-9-12(18)4-5-14(20-9)21-15(22)6-3-10-7-11(17)8-13(19)16(10)23-2/h3-8H,1-2H3,(H,20,21,22)/b6-3+. The maximum Gasteiger partial charge on any atom is 0.249 e. The molecule has 0 aliphatic carbocycles. The number of pyridine rings is 1. The number of benzene rings is 1. The van der Waals surface area contributed by atoms with E-state index in [-0.39, 0.29) is 5.91 Å². The lowest BCUT2D eigenvalue weighted by Crippen LogP contribution is -2.09. The molecule has 0 atom stereocenters. The van der Waals surface area contributed by atoms with Crippen molar-refractivity contribution in [2.24, 2.45) is 0 Å². The van der Waals surface area contributed by atoms with Gasteiger partial charge in [0.1, 0.15) is 11.6 Å². The van der Waals surface area contributed by atoms with Crippen LogP contribution in [0.25, 0.3) is 6.08 Å². The second-order valence-electron chi connectivity index (χ2n) is 4.60. The number of aromatic nitrogens is 1. The number of hydrogen-bond acceptors (Lipinski definition) is 3. The van der Waals surface area contributed by atoms with Gasteiger partial charge in [0, 0.05) is 20.6 Å². The third kappa shape index (κ3) is 4.89. The summed E-state index contributed by atoms with van der Waals surface area (Å²) in [5.74, 6) is 0.898. The summed E-state index contributed by atoms with van der Waals surface area (Å²) in [6.45, 7) is 1.86. The monoisotopic (exact) mass is 502 g/mol. The first kappa shape index (κ1) is 18.2. The number of hydrogen-bond donors (Lipinski definition) is 1. The molecule has 7 heteroatoms. The molecule has 0 spiro atoms. The van der Waals surface area contributed by atoms with E-state index in [1.165, 1.54) is 6.08 Å². The van der Waals surface area contributed by atoms with Gasteiger partial charge in [-0.2, -0.15) is 0 Å². The summed E-state index contributed by atoms with van der Waals surface area (Å²) in [5.41, 5.74) is 1.59. The van der Waals surface area contributed by atoms with Gasteiger partial charge in [-0.05, 0) is 69.1 Å². The lowest BCUT2D eigenvalue weighted by atomic mass is 10.2. The van der Waals surface area contributed by atoms with Crippen molar-refractivity contribution in [2.75, 3.05) is 12.4 Å². The number of carbonyl (C=O) groups is 1. The van der Waals surface area contributed by atoms with Crippen LogP contribution in [0.15, 0.2) is 43.8 Å². The van der Waals surface area contributed by atoms with E-state index in [4.69, 9.17) is 4.74 Å². The van der Waals surface area contributed by atoms with Crippen LogP contribution in [0.1, 0.15) is 11.3 Å². The van der Waals surface area contributed by atoms with E-state index >= 15 is 0 Å². The summed E-state index contributed by atoms with van der Waals surface area (Å²) >= 11 is 10.2. The number of nitrogens with zero attached hydrogens (tertiary/aromatic N) is 1. The van der Waals surface area contributed by atoms with E-state index in [1.54, 1.807) is 19.3 Å². The Morgan fingerprint density at radius 1 is 1.22 bits per heavy atom. The SMILES string of the molecule is COc1c(Br)cc(Br)cc1/C=C/C(=O)Nc1ccc(Br)c(C)n1. The van der Waals surface area contributed by atoms with Crippen molar-refractivity contribution in [3.05, 3.63) is 55.0 Å². The van der Waals surface area contributed by atoms with Gasteiger partial charge in [-0.15, -0.1) is 0 Å². The number of methoxy groups -OCH3 is 1. The van der Waals surface area contributed by atoms with Crippen LogP contribution in [-0.2, 0) is 4.79 Å². The van der Waals surface area contributed by atoms with Crippen LogP contribution in [0.5, 0.6) is 5.75 Å². The molecular formula is C16H13Br3N2O2. The van der Waals surface area contributed by atoms with Gasteiger partial charge < -0.3 is 10.1 Å². The number of rotatable bonds is 4. The molecule has 0 fully saturated rings. The van der Waals surface area contributed by atoms with E-state index in [0.29, 0.717) is 11.6 Å². The van der Waals surface area contributed by atoms with Gasteiger partial charge in [0.15, 0.2) is 0 Å². The first-order chi connectivity index (χ1) is 10.9. The summed E-state index contributed by atoms with van der Waals surface area (Å²) in [6, 6.07) is 7.33. The number of aryl methyl sites for hydroxylation is 1. The Morgan fingerprint density at radius 3 is 2.61 bits per heavy atom. The van der Waals surface area contributed by atoms with E-state index in [2.05, 4.69) is 58.1 Å². The second kappa shape index (κ2) is 8.08. The van der Waals surface area contributed by atoms with Crippen LogP contribution in [0.2, 0.25) is 0 Å². The fraction of sp³-hybridized carbons (Fsp3) is 0.125. The maximum absolute atomic E-state index is 12.0. The Bertz CT molecular complexity index is 776. The quantitative estimate of drug-likeness (QED) is 0.572. The Kier molecular flexibility index (Phi) is 6.38. The molecule has 1 heterocycles. The van der Waals surface area contributed by atoms with E-state index < -0.39 is 0 Å². The van der Waals surface area contributed by atoms with Gasteiger partial charge in [0.05, 0.1) is 17.3 Å². The molecule has 0 saturated heterocycles. The lowest BCUT2D eigenvalue weighted by Gasteiger charge is -2.08. The summed E-state index contributed by atoms with van der Waals surface area (Å²) in [4.78, 5) is 16.3. The highest BCUT2D eigenvalue weighted by atomic mass is 79.9. The molecule has 0 aliphatic heterocycles. The molecule has 23 heavy (non-hydrogen) atoms. The minimum absolute atomic E-state index is 0.266. The first-order valence-electron chi connectivity index (χ1n) is 6.56. The minimum Gasteiger partial charge on any atom is -0.495 e. The summed E-state index contributed by atoms with van der Waals surface area (Å²) in [5, 5.41) is 2.72. The number of carbonyl (C=O) groups excluding carboxylic acids is 1. The summed E-state index contributed by atoms with van der Waals surface area (Å²) < 4.78 is 7.93. The highest BCUT2D eigenvalue weighted by Crippen LogP contribution is 2.33. The van der Waals surface area contributed by atoms with Crippen LogP contribution >= 0.6 is 47.8 Å². The van der Waals surface area contributed by atoms with Gasteiger partial charge in [-0.3, -0.25) is 4.79 Å². The van der Waals surface area contributed by atoms with Crippen LogP contribution in [0.4, 0.5) is 5.82 Å². The van der Waals surface area contributed by atoms with E-state index in [1.807, 2.05) is 25.1 Å². The average Bonchev–Trinajstić information content (AvgIpc) is 2.48. The van der Waals surface area contributed by atoms with Crippen LogP contribution < -0.4 is 10.1 Å². The van der Waals surface area contributed by atoms with Gasteiger partial charge in [-0.25, -0.2) is 4.98 Å². The Morgan fingerprint density at radius 2 is 1.96 bits per heavy atom. The smallest absolute Gasteiger partial charge is 0.249 e. The van der Waals surface area contributed by atoms with E-state index in [9.17, 15) is 4.79 Å². The molecular weight excluding hydrogens is 492 g/mol. The molecule has 0 radical (unpaired) electrons. The fourth-order valence-electron chi connectivity index (χ4n) is 1.87. The van der Waals surface area contributed by atoms with E-state index in [0.717, 1.165) is 24.7 Å². The van der Waals surface area contributed by atoms with Crippen LogP contribution in [0.3, 0.4) is 0 Å². The van der Waals surface area contributed by atoms with Gasteiger partial charge in [0.2, 0.25) is 5.91 Å². The average molecular weight is 505 g/mol. The molecule has 1 aromatic carbocycles. The molecule has 1 amide bonds. The Hall–Kier alpha value is -1.18. The number of halogens is 3. The second-order valence-corrected chi connectivity index (χ2v) is 7.22. The van der Waals surface area contributed by atoms with Crippen LogP contribution in [-0.4, -0.2) is 18.0 Å². The minimum atomic E-state index is -0.266. The maximum atomic E-state index is 12.0. The first-order valence-corrected chi connectivity index (χ1v) is 8.94. The molecule has 0 aliphatic rings. The molecule has 0 bridgehead atoms. The lowest BCUT2D eigenvalue weighted by molar-refractivity contribution is -0.111. The third-order valence-corrected chi connectivity index (χ3v) is 4.81. The topological polar surface area (TPSA) is 51.2 Å². The van der Waals surface area contributed by atoms with Crippen molar-refractivity contribution in [3.63, 3.8) is 0 Å². The van der Waals surface area contributed by atoms with Crippen molar-refractivity contribution < 1.29 is 9.53 Å². The Balaban J connectivity index is 2.16. The fourth-order valence-corrected chi connectivity index (χ4v) is 3.51.